The highest BCUT2D eigenvalue weighted by Gasteiger charge is 2.60. The van der Waals surface area contributed by atoms with Gasteiger partial charge in [-0.25, -0.2) is 4.39 Å². The summed E-state index contributed by atoms with van der Waals surface area (Å²) >= 11 is 1.79. The number of nitrogens with zero attached hydrogens (tertiary/aromatic N) is 1. The Labute approximate surface area is 129 Å². The number of benzene rings is 1. The lowest BCUT2D eigenvalue weighted by Gasteiger charge is -2.30. The second kappa shape index (κ2) is 5.61. The molecule has 1 aliphatic carbocycles. The van der Waals surface area contributed by atoms with Crippen molar-refractivity contribution in [3.05, 3.63) is 35.6 Å². The molecule has 1 aliphatic heterocycles. The predicted octanol–water partition coefficient (Wildman–Crippen LogP) is 2.93. The summed E-state index contributed by atoms with van der Waals surface area (Å²) in [5.74, 6) is 0.953. The van der Waals surface area contributed by atoms with Crippen LogP contribution in [0.1, 0.15) is 37.9 Å². The fraction of sp³-hybridized carbons (Fsp3) is 0.562. The summed E-state index contributed by atoms with van der Waals surface area (Å²) in [5.41, 5.74) is 0.466. The van der Waals surface area contributed by atoms with Gasteiger partial charge in [0, 0.05) is 6.04 Å². The number of thioether (sulfide) groups is 1. The van der Waals surface area contributed by atoms with Crippen molar-refractivity contribution in [2.24, 2.45) is 0 Å². The van der Waals surface area contributed by atoms with Gasteiger partial charge < -0.3 is 4.90 Å². The van der Waals surface area contributed by atoms with Gasteiger partial charge in [0.2, 0.25) is 5.91 Å². The number of rotatable bonds is 5. The lowest BCUT2D eigenvalue weighted by molar-refractivity contribution is -0.132. The minimum atomic E-state index is -0.370. The van der Waals surface area contributed by atoms with E-state index in [0.29, 0.717) is 0 Å². The van der Waals surface area contributed by atoms with E-state index in [2.05, 4.69) is 18.5 Å². The van der Waals surface area contributed by atoms with Crippen molar-refractivity contribution in [1.29, 1.82) is 0 Å². The first-order valence-corrected chi connectivity index (χ1v) is 8.82. The van der Waals surface area contributed by atoms with Gasteiger partial charge in [0.05, 0.1) is 0 Å². The number of carbonyl (C=O) groups excluding carboxylic acids is 1. The Morgan fingerprint density at radius 3 is 2.90 bits per heavy atom. The van der Waals surface area contributed by atoms with E-state index in [0.717, 1.165) is 30.6 Å². The molecule has 0 radical (unpaired) electrons. The Morgan fingerprint density at radius 1 is 1.52 bits per heavy atom. The lowest BCUT2D eigenvalue weighted by Crippen LogP contribution is -2.39. The second-order valence-corrected chi connectivity index (χ2v) is 7.01. The number of hydrogen-bond acceptors (Lipinski definition) is 3. The van der Waals surface area contributed by atoms with Gasteiger partial charge in [-0.2, -0.15) is 11.8 Å². The third kappa shape index (κ3) is 2.69. The first-order chi connectivity index (χ1) is 10.1. The Bertz CT molecular complexity index is 547. The van der Waals surface area contributed by atoms with Crippen LogP contribution in [-0.4, -0.2) is 34.4 Å². The maximum Gasteiger partial charge on any atom is 0.244 e. The summed E-state index contributed by atoms with van der Waals surface area (Å²) in [7, 11) is 0. The zero-order chi connectivity index (χ0) is 15.0. The van der Waals surface area contributed by atoms with Crippen molar-refractivity contribution >= 4 is 17.7 Å². The Balaban J connectivity index is 1.88. The molecule has 1 heterocycles. The van der Waals surface area contributed by atoms with Gasteiger partial charge in [-0.15, -0.1) is 0 Å². The van der Waals surface area contributed by atoms with E-state index in [1.165, 1.54) is 12.1 Å². The van der Waals surface area contributed by atoms with Crippen LogP contribution in [-0.2, 0) is 4.79 Å². The van der Waals surface area contributed by atoms with Crippen LogP contribution in [0.3, 0.4) is 0 Å². The van der Waals surface area contributed by atoms with Gasteiger partial charge in [-0.05, 0) is 55.9 Å². The molecule has 5 heteroatoms. The molecule has 2 fully saturated rings. The first-order valence-electron chi connectivity index (χ1n) is 7.42. The van der Waals surface area contributed by atoms with Crippen molar-refractivity contribution in [3.63, 3.8) is 0 Å². The molecule has 1 saturated carbocycles. The highest BCUT2D eigenvalue weighted by Crippen LogP contribution is 2.47. The van der Waals surface area contributed by atoms with Crippen LogP contribution >= 0.6 is 11.8 Å². The molecular weight excluding hydrogens is 287 g/mol. The van der Waals surface area contributed by atoms with Crippen LogP contribution in [0.4, 0.5) is 4.39 Å². The Kier molecular flexibility index (Phi) is 3.97. The number of halogens is 1. The smallest absolute Gasteiger partial charge is 0.244 e. The normalized spacial score (nSPS) is 24.6. The molecule has 0 aromatic heterocycles. The monoisotopic (exact) mass is 308 g/mol. The minimum Gasteiger partial charge on any atom is -0.319 e. The maximum absolute atomic E-state index is 13.5. The Morgan fingerprint density at radius 2 is 2.29 bits per heavy atom. The fourth-order valence-electron chi connectivity index (χ4n) is 3.04. The molecule has 1 N–H and O–H groups in total. The molecular formula is C16H21FN2OS. The van der Waals surface area contributed by atoms with E-state index in [4.69, 9.17) is 0 Å². The summed E-state index contributed by atoms with van der Waals surface area (Å²) < 4.78 is 13.5. The number of amides is 1. The molecule has 1 spiro atoms. The topological polar surface area (TPSA) is 32.3 Å². The SMILES string of the molecule is CSCCC(C)N1C(=O)C2(CC2)NC1c1cccc(F)c1. The zero-order valence-electron chi connectivity index (χ0n) is 12.4. The third-order valence-corrected chi connectivity index (χ3v) is 5.11. The Hall–Kier alpha value is -1.07. The molecule has 3 rings (SSSR count). The average Bonchev–Trinajstić information content (AvgIpc) is 3.18. The molecule has 2 unspecified atom stereocenters. The largest absolute Gasteiger partial charge is 0.319 e. The van der Waals surface area contributed by atoms with Crippen LogP contribution in [0.15, 0.2) is 24.3 Å². The molecule has 1 aromatic rings. The summed E-state index contributed by atoms with van der Waals surface area (Å²) in [5, 5.41) is 3.44. The summed E-state index contributed by atoms with van der Waals surface area (Å²) in [6.45, 7) is 2.09. The van der Waals surface area contributed by atoms with Gasteiger partial charge in [-0.1, -0.05) is 12.1 Å². The van der Waals surface area contributed by atoms with Gasteiger partial charge >= 0.3 is 0 Å². The quantitative estimate of drug-likeness (QED) is 0.908. The van der Waals surface area contributed by atoms with E-state index < -0.39 is 0 Å². The summed E-state index contributed by atoms with van der Waals surface area (Å²) in [4.78, 5) is 14.7. The molecule has 1 saturated heterocycles. The van der Waals surface area contributed by atoms with Gasteiger partial charge in [-0.3, -0.25) is 10.1 Å². The zero-order valence-corrected chi connectivity index (χ0v) is 13.3. The van der Waals surface area contributed by atoms with Crippen LogP contribution in [0.25, 0.3) is 0 Å². The number of hydrogen-bond donors (Lipinski definition) is 1. The van der Waals surface area contributed by atoms with Crippen molar-refractivity contribution < 1.29 is 9.18 Å². The van der Waals surface area contributed by atoms with E-state index >= 15 is 0 Å². The highest BCUT2D eigenvalue weighted by molar-refractivity contribution is 7.98. The lowest BCUT2D eigenvalue weighted by atomic mass is 10.1. The predicted molar refractivity (Wildman–Crippen MR) is 83.5 cm³/mol. The molecule has 114 valence electrons. The van der Waals surface area contributed by atoms with E-state index in [1.807, 2.05) is 11.0 Å². The molecule has 0 bridgehead atoms. The standard InChI is InChI=1S/C16H21FN2OS/c1-11(6-9-21-2)19-14(12-4-3-5-13(17)10-12)18-16(7-8-16)15(19)20/h3-5,10-11,14,18H,6-9H2,1-2H3. The van der Waals surface area contributed by atoms with E-state index in [-0.39, 0.29) is 29.5 Å². The number of carbonyl (C=O) groups is 1. The summed E-state index contributed by atoms with van der Waals surface area (Å²) in [6, 6.07) is 6.73. The molecule has 2 atom stereocenters. The summed E-state index contributed by atoms with van der Waals surface area (Å²) in [6.07, 6.45) is 4.61. The molecule has 21 heavy (non-hydrogen) atoms. The molecule has 3 nitrogen and oxygen atoms in total. The van der Waals surface area contributed by atoms with E-state index in [1.54, 1.807) is 17.8 Å². The van der Waals surface area contributed by atoms with Gasteiger partial charge in [0.15, 0.2) is 0 Å². The van der Waals surface area contributed by atoms with Crippen LogP contribution in [0.5, 0.6) is 0 Å². The van der Waals surface area contributed by atoms with E-state index in [9.17, 15) is 9.18 Å². The second-order valence-electron chi connectivity index (χ2n) is 6.03. The third-order valence-electron chi connectivity index (χ3n) is 4.46. The number of nitrogens with one attached hydrogen (secondary N) is 1. The van der Waals surface area contributed by atoms with Crippen LogP contribution in [0, 0.1) is 5.82 Å². The maximum atomic E-state index is 13.5. The van der Waals surface area contributed by atoms with Gasteiger partial charge in [0.25, 0.3) is 0 Å². The molecule has 1 aromatic carbocycles. The fourth-order valence-corrected chi connectivity index (χ4v) is 3.62. The molecule has 2 aliphatic rings. The van der Waals surface area contributed by atoms with Crippen LogP contribution in [0.2, 0.25) is 0 Å². The first kappa shape index (κ1) is 14.9. The minimum absolute atomic E-state index is 0.158. The molecule has 1 amide bonds. The highest BCUT2D eigenvalue weighted by atomic mass is 32.2. The van der Waals surface area contributed by atoms with Crippen LogP contribution < -0.4 is 5.32 Å². The van der Waals surface area contributed by atoms with Crippen molar-refractivity contribution in [2.75, 3.05) is 12.0 Å². The van der Waals surface area contributed by atoms with Gasteiger partial charge in [0.1, 0.15) is 17.5 Å². The van der Waals surface area contributed by atoms with Crippen molar-refractivity contribution in [3.8, 4) is 0 Å². The van der Waals surface area contributed by atoms with Crippen molar-refractivity contribution in [1.82, 2.24) is 10.2 Å². The van der Waals surface area contributed by atoms with Crippen molar-refractivity contribution in [2.45, 2.75) is 43.9 Å². The average molecular weight is 308 g/mol.